The summed E-state index contributed by atoms with van der Waals surface area (Å²) in [6, 6.07) is 20.4. The van der Waals surface area contributed by atoms with Gasteiger partial charge in [-0.1, -0.05) is 60.7 Å². The van der Waals surface area contributed by atoms with Crippen LogP contribution in [0.15, 0.2) is 60.7 Å². The summed E-state index contributed by atoms with van der Waals surface area (Å²) in [5, 5.41) is 0. The molecule has 24 heavy (non-hydrogen) atoms. The van der Waals surface area contributed by atoms with Gasteiger partial charge >= 0.3 is 0 Å². The minimum atomic E-state index is -0.561. The van der Waals surface area contributed by atoms with Gasteiger partial charge in [0.2, 0.25) is 5.91 Å². The number of nitrogens with two attached hydrogens (primary N) is 1. The van der Waals surface area contributed by atoms with Crippen molar-refractivity contribution in [3.05, 3.63) is 71.8 Å². The van der Waals surface area contributed by atoms with E-state index >= 15 is 0 Å². The lowest BCUT2D eigenvalue weighted by Gasteiger charge is -2.42. The molecule has 2 N–H and O–H groups in total. The summed E-state index contributed by atoms with van der Waals surface area (Å²) in [4.78, 5) is 14.7. The highest BCUT2D eigenvalue weighted by molar-refractivity contribution is 5.81. The Hall–Kier alpha value is -2.17. The van der Waals surface area contributed by atoms with Crippen LogP contribution in [-0.4, -0.2) is 36.7 Å². The lowest BCUT2D eigenvalue weighted by atomic mass is 9.66. The standard InChI is InChI=1S/C20H22N2O2/c21-18(23)17-14-22-12-7-13-24-19(22)20(17,15-8-3-1-4-9-15)16-10-5-2-6-11-16/h1-6,8-11,17,19H,7,12-14H2,(H2,21,23). The van der Waals surface area contributed by atoms with Gasteiger partial charge in [0.05, 0.1) is 11.3 Å². The van der Waals surface area contributed by atoms with Gasteiger partial charge in [0.15, 0.2) is 0 Å². The normalized spacial score (nSPS) is 26.0. The molecule has 2 unspecified atom stereocenters. The Morgan fingerprint density at radius 3 is 2.17 bits per heavy atom. The predicted octanol–water partition coefficient (Wildman–Crippen LogP) is 2.14. The van der Waals surface area contributed by atoms with E-state index in [-0.39, 0.29) is 18.1 Å². The van der Waals surface area contributed by atoms with Gasteiger partial charge < -0.3 is 10.5 Å². The van der Waals surface area contributed by atoms with Gasteiger partial charge in [-0.05, 0) is 17.5 Å². The molecule has 2 aliphatic heterocycles. The van der Waals surface area contributed by atoms with Crippen molar-refractivity contribution in [2.75, 3.05) is 19.7 Å². The molecule has 4 heteroatoms. The number of carbonyl (C=O) groups is 1. The zero-order chi connectivity index (χ0) is 16.6. The van der Waals surface area contributed by atoms with E-state index in [1.165, 1.54) is 0 Å². The summed E-state index contributed by atoms with van der Waals surface area (Å²) in [6.07, 6.45) is 0.829. The Bertz CT molecular complexity index is 677. The first-order valence-electron chi connectivity index (χ1n) is 8.50. The predicted molar refractivity (Wildman–Crippen MR) is 92.3 cm³/mol. The topological polar surface area (TPSA) is 55.6 Å². The lowest BCUT2D eigenvalue weighted by Crippen LogP contribution is -2.51. The molecule has 2 heterocycles. The molecule has 0 radical (unpaired) electrons. The first-order chi connectivity index (χ1) is 11.7. The molecule has 2 saturated heterocycles. The third-order valence-electron chi connectivity index (χ3n) is 5.40. The highest BCUT2D eigenvalue weighted by Gasteiger charge is 2.59. The second kappa shape index (κ2) is 6.04. The van der Waals surface area contributed by atoms with Crippen LogP contribution in [-0.2, 0) is 14.9 Å². The van der Waals surface area contributed by atoms with E-state index in [0.29, 0.717) is 13.2 Å². The molecule has 0 aromatic heterocycles. The van der Waals surface area contributed by atoms with Crippen molar-refractivity contribution in [3.8, 4) is 0 Å². The first kappa shape index (κ1) is 15.4. The smallest absolute Gasteiger partial charge is 0.223 e. The number of fused-ring (bicyclic) bond motifs is 1. The summed E-state index contributed by atoms with van der Waals surface area (Å²) in [6.45, 7) is 2.30. The van der Waals surface area contributed by atoms with Crippen molar-refractivity contribution in [1.29, 1.82) is 0 Å². The van der Waals surface area contributed by atoms with Gasteiger partial charge in [-0.15, -0.1) is 0 Å². The molecule has 0 bridgehead atoms. The third kappa shape index (κ3) is 2.18. The molecular formula is C20H22N2O2. The molecule has 2 aromatic rings. The Balaban J connectivity index is 1.98. The maximum Gasteiger partial charge on any atom is 0.223 e. The van der Waals surface area contributed by atoms with Crippen LogP contribution in [0.2, 0.25) is 0 Å². The fourth-order valence-corrected chi connectivity index (χ4v) is 4.44. The summed E-state index contributed by atoms with van der Waals surface area (Å²) >= 11 is 0. The van der Waals surface area contributed by atoms with Gasteiger partial charge in [0, 0.05) is 19.7 Å². The minimum absolute atomic E-state index is 0.159. The first-order valence-corrected chi connectivity index (χ1v) is 8.50. The van der Waals surface area contributed by atoms with Crippen LogP contribution in [0.4, 0.5) is 0 Å². The van der Waals surface area contributed by atoms with Gasteiger partial charge in [0.1, 0.15) is 6.23 Å². The number of benzene rings is 2. The van der Waals surface area contributed by atoms with E-state index < -0.39 is 5.41 Å². The summed E-state index contributed by atoms with van der Waals surface area (Å²) in [5.74, 6) is -0.578. The highest BCUT2D eigenvalue weighted by Crippen LogP contribution is 2.50. The summed E-state index contributed by atoms with van der Waals surface area (Å²) in [7, 11) is 0. The van der Waals surface area contributed by atoms with Gasteiger partial charge in [-0.25, -0.2) is 0 Å². The number of ether oxygens (including phenoxy) is 1. The number of hydrogen-bond donors (Lipinski definition) is 1. The number of nitrogens with zero attached hydrogens (tertiary/aromatic N) is 1. The van der Waals surface area contributed by atoms with Crippen molar-refractivity contribution in [1.82, 2.24) is 4.90 Å². The molecule has 0 saturated carbocycles. The molecule has 2 fully saturated rings. The minimum Gasteiger partial charge on any atom is -0.369 e. The van der Waals surface area contributed by atoms with Crippen LogP contribution >= 0.6 is 0 Å². The fraction of sp³-hybridized carbons (Fsp3) is 0.350. The Kier molecular flexibility index (Phi) is 3.87. The maximum absolute atomic E-state index is 12.4. The highest BCUT2D eigenvalue weighted by atomic mass is 16.5. The van der Waals surface area contributed by atoms with E-state index in [2.05, 4.69) is 29.2 Å². The van der Waals surface area contributed by atoms with Crippen molar-refractivity contribution in [3.63, 3.8) is 0 Å². The van der Waals surface area contributed by atoms with Gasteiger partial charge in [0.25, 0.3) is 0 Å². The number of amides is 1. The van der Waals surface area contributed by atoms with Crippen LogP contribution in [0.5, 0.6) is 0 Å². The zero-order valence-electron chi connectivity index (χ0n) is 13.6. The number of carbonyl (C=O) groups excluding carboxylic acids is 1. The average Bonchev–Trinajstić information content (AvgIpc) is 3.00. The van der Waals surface area contributed by atoms with E-state index in [4.69, 9.17) is 10.5 Å². The average molecular weight is 322 g/mol. The molecule has 4 nitrogen and oxygen atoms in total. The Morgan fingerprint density at radius 2 is 1.62 bits per heavy atom. The van der Waals surface area contributed by atoms with Crippen molar-refractivity contribution in [2.24, 2.45) is 11.7 Å². The number of primary amides is 1. The quantitative estimate of drug-likeness (QED) is 0.942. The monoisotopic (exact) mass is 322 g/mol. The SMILES string of the molecule is NC(=O)C1CN2CCCOC2C1(c1ccccc1)c1ccccc1. The molecule has 0 aliphatic carbocycles. The molecule has 2 aliphatic rings. The maximum atomic E-state index is 12.4. The molecule has 2 aromatic carbocycles. The van der Waals surface area contributed by atoms with Crippen molar-refractivity contribution in [2.45, 2.75) is 18.1 Å². The van der Waals surface area contributed by atoms with E-state index in [9.17, 15) is 4.79 Å². The van der Waals surface area contributed by atoms with Gasteiger partial charge in [-0.2, -0.15) is 0 Å². The van der Waals surface area contributed by atoms with E-state index in [0.717, 1.165) is 24.1 Å². The Morgan fingerprint density at radius 1 is 1.04 bits per heavy atom. The molecule has 124 valence electrons. The van der Waals surface area contributed by atoms with Crippen LogP contribution in [0.25, 0.3) is 0 Å². The summed E-state index contributed by atoms with van der Waals surface area (Å²) < 4.78 is 6.23. The van der Waals surface area contributed by atoms with Crippen LogP contribution in [0, 0.1) is 5.92 Å². The van der Waals surface area contributed by atoms with Crippen molar-refractivity contribution < 1.29 is 9.53 Å². The molecule has 2 atom stereocenters. The molecule has 0 spiro atoms. The largest absolute Gasteiger partial charge is 0.369 e. The van der Waals surface area contributed by atoms with Crippen LogP contribution < -0.4 is 5.73 Å². The molecule has 1 amide bonds. The van der Waals surface area contributed by atoms with Crippen LogP contribution in [0.1, 0.15) is 17.5 Å². The van der Waals surface area contributed by atoms with E-state index in [1.54, 1.807) is 0 Å². The number of rotatable bonds is 3. The fourth-order valence-electron chi connectivity index (χ4n) is 4.44. The molecular weight excluding hydrogens is 300 g/mol. The molecule has 4 rings (SSSR count). The lowest BCUT2D eigenvalue weighted by molar-refractivity contribution is -0.124. The van der Waals surface area contributed by atoms with E-state index in [1.807, 2.05) is 36.4 Å². The summed E-state index contributed by atoms with van der Waals surface area (Å²) in [5.41, 5.74) is 7.50. The van der Waals surface area contributed by atoms with Crippen molar-refractivity contribution >= 4 is 5.91 Å². The number of hydrogen-bond acceptors (Lipinski definition) is 3. The second-order valence-electron chi connectivity index (χ2n) is 6.63. The van der Waals surface area contributed by atoms with Gasteiger partial charge in [-0.3, -0.25) is 9.69 Å². The third-order valence-corrected chi connectivity index (χ3v) is 5.40. The second-order valence-corrected chi connectivity index (χ2v) is 6.63. The Labute approximate surface area is 142 Å². The zero-order valence-corrected chi connectivity index (χ0v) is 13.6. The van der Waals surface area contributed by atoms with Crippen LogP contribution in [0.3, 0.4) is 0 Å².